The molecule has 0 saturated heterocycles. The smallest absolute Gasteiger partial charge is 0.262 e. The third-order valence-corrected chi connectivity index (χ3v) is 4.76. The van der Waals surface area contributed by atoms with Gasteiger partial charge in [0.1, 0.15) is 18.1 Å². The average Bonchev–Trinajstić information content (AvgIpc) is 3.25. The van der Waals surface area contributed by atoms with Crippen LogP contribution in [0.4, 0.5) is 13.2 Å². The number of aromatic amines is 1. The standard InChI is InChI=1S/C18H13F3N6/c19-10-1-2-13(23-7-10)16-15(11-4-6-22-17-12(11)8-24-25-17)14-3-5-18(20,21)9-27(14)26-16/h1-2,4,6-8H,3,5,9H2,(H,22,24,25). The maximum absolute atomic E-state index is 13.9. The molecule has 5 heterocycles. The molecule has 4 aromatic rings. The lowest BCUT2D eigenvalue weighted by atomic mass is 9.95. The summed E-state index contributed by atoms with van der Waals surface area (Å²) in [6.45, 7) is -0.490. The van der Waals surface area contributed by atoms with Crippen molar-refractivity contribution in [2.45, 2.75) is 25.3 Å². The predicted octanol–water partition coefficient (Wildman–Crippen LogP) is 3.60. The van der Waals surface area contributed by atoms with E-state index in [-0.39, 0.29) is 12.8 Å². The van der Waals surface area contributed by atoms with E-state index in [1.165, 1.54) is 16.8 Å². The van der Waals surface area contributed by atoms with Crippen LogP contribution in [0.25, 0.3) is 33.5 Å². The van der Waals surface area contributed by atoms with Crippen LogP contribution in [0, 0.1) is 5.82 Å². The van der Waals surface area contributed by atoms with Gasteiger partial charge in [0, 0.05) is 29.3 Å². The van der Waals surface area contributed by atoms with Gasteiger partial charge in [0.25, 0.3) is 5.92 Å². The first-order chi connectivity index (χ1) is 13.0. The van der Waals surface area contributed by atoms with Crippen LogP contribution in [-0.4, -0.2) is 35.9 Å². The maximum Gasteiger partial charge on any atom is 0.267 e. The van der Waals surface area contributed by atoms with Crippen LogP contribution in [0.15, 0.2) is 36.8 Å². The molecular weight excluding hydrogens is 357 g/mol. The second-order valence-electron chi connectivity index (χ2n) is 6.54. The Morgan fingerprint density at radius 2 is 2.00 bits per heavy atom. The number of fused-ring (bicyclic) bond motifs is 2. The fourth-order valence-corrected chi connectivity index (χ4v) is 3.53. The number of rotatable bonds is 2. The molecule has 1 aliphatic heterocycles. The van der Waals surface area contributed by atoms with Crippen molar-refractivity contribution in [3.8, 4) is 22.5 Å². The van der Waals surface area contributed by atoms with Gasteiger partial charge in [-0.3, -0.25) is 14.8 Å². The fraction of sp³-hybridized carbons (Fsp3) is 0.222. The first-order valence-corrected chi connectivity index (χ1v) is 8.40. The summed E-state index contributed by atoms with van der Waals surface area (Å²) in [7, 11) is 0. The van der Waals surface area contributed by atoms with Gasteiger partial charge in [-0.05, 0) is 30.2 Å². The van der Waals surface area contributed by atoms with Crippen molar-refractivity contribution in [3.05, 3.63) is 48.3 Å². The summed E-state index contributed by atoms with van der Waals surface area (Å²) in [4.78, 5) is 8.34. The first kappa shape index (κ1) is 16.0. The second-order valence-corrected chi connectivity index (χ2v) is 6.54. The van der Waals surface area contributed by atoms with Crippen LogP contribution in [0.2, 0.25) is 0 Å². The van der Waals surface area contributed by atoms with E-state index in [9.17, 15) is 13.2 Å². The SMILES string of the molecule is Fc1ccc(-c2nn3c(c2-c2ccnc4[nH]ncc24)CCC(F)(F)C3)nc1. The van der Waals surface area contributed by atoms with Crippen LogP contribution in [0.5, 0.6) is 0 Å². The molecule has 136 valence electrons. The minimum Gasteiger partial charge on any atom is -0.262 e. The predicted molar refractivity (Wildman–Crippen MR) is 91.6 cm³/mol. The summed E-state index contributed by atoms with van der Waals surface area (Å²) >= 11 is 0. The third kappa shape index (κ3) is 2.57. The lowest BCUT2D eigenvalue weighted by molar-refractivity contribution is -0.0377. The van der Waals surface area contributed by atoms with E-state index < -0.39 is 18.3 Å². The zero-order chi connectivity index (χ0) is 18.6. The summed E-state index contributed by atoms with van der Waals surface area (Å²) in [6, 6.07) is 4.58. The molecule has 27 heavy (non-hydrogen) atoms. The molecule has 1 N–H and O–H groups in total. The Morgan fingerprint density at radius 3 is 2.81 bits per heavy atom. The minimum absolute atomic E-state index is 0.179. The monoisotopic (exact) mass is 370 g/mol. The van der Waals surface area contributed by atoms with E-state index in [0.29, 0.717) is 28.3 Å². The second kappa shape index (κ2) is 5.63. The number of halogens is 3. The molecule has 0 saturated carbocycles. The van der Waals surface area contributed by atoms with Crippen molar-refractivity contribution in [1.29, 1.82) is 0 Å². The van der Waals surface area contributed by atoms with Gasteiger partial charge in [-0.15, -0.1) is 0 Å². The fourth-order valence-electron chi connectivity index (χ4n) is 3.53. The summed E-state index contributed by atoms with van der Waals surface area (Å²) in [5.41, 5.74) is 3.64. The van der Waals surface area contributed by atoms with Crippen molar-refractivity contribution in [2.75, 3.05) is 0 Å². The highest BCUT2D eigenvalue weighted by atomic mass is 19.3. The van der Waals surface area contributed by atoms with Crippen LogP contribution in [0.1, 0.15) is 12.1 Å². The summed E-state index contributed by atoms with van der Waals surface area (Å²) < 4.78 is 42.5. The van der Waals surface area contributed by atoms with Crippen LogP contribution >= 0.6 is 0 Å². The highest BCUT2D eigenvalue weighted by Crippen LogP contribution is 2.41. The number of pyridine rings is 2. The molecular formula is C18H13F3N6. The molecule has 4 aromatic heterocycles. The molecule has 6 nitrogen and oxygen atoms in total. The molecule has 0 bridgehead atoms. The van der Waals surface area contributed by atoms with Crippen molar-refractivity contribution in [2.24, 2.45) is 0 Å². The van der Waals surface area contributed by atoms with Gasteiger partial charge in [-0.25, -0.2) is 18.2 Å². The molecule has 0 radical (unpaired) electrons. The van der Waals surface area contributed by atoms with Crippen molar-refractivity contribution < 1.29 is 13.2 Å². The van der Waals surface area contributed by atoms with E-state index >= 15 is 0 Å². The van der Waals surface area contributed by atoms with Gasteiger partial charge >= 0.3 is 0 Å². The summed E-state index contributed by atoms with van der Waals surface area (Å²) in [5, 5.41) is 12.0. The first-order valence-electron chi connectivity index (χ1n) is 8.40. The average molecular weight is 370 g/mol. The van der Waals surface area contributed by atoms with E-state index in [4.69, 9.17) is 0 Å². The number of hydrogen-bond donors (Lipinski definition) is 1. The molecule has 0 aliphatic carbocycles. The lowest BCUT2D eigenvalue weighted by Gasteiger charge is -2.23. The molecule has 0 amide bonds. The Bertz CT molecular complexity index is 1150. The van der Waals surface area contributed by atoms with Crippen LogP contribution < -0.4 is 0 Å². The quantitative estimate of drug-likeness (QED) is 0.585. The Labute approximate surface area is 151 Å². The van der Waals surface area contributed by atoms with E-state index in [2.05, 4.69) is 25.3 Å². The summed E-state index contributed by atoms with van der Waals surface area (Å²) in [6.07, 6.45) is 4.28. The van der Waals surface area contributed by atoms with Gasteiger partial charge < -0.3 is 0 Å². The number of nitrogens with one attached hydrogen (secondary N) is 1. The van der Waals surface area contributed by atoms with Crippen LogP contribution in [-0.2, 0) is 13.0 Å². The normalized spacial score (nSPS) is 15.8. The number of hydrogen-bond acceptors (Lipinski definition) is 4. The molecule has 5 rings (SSSR count). The largest absolute Gasteiger partial charge is 0.267 e. The molecule has 1 aliphatic rings. The molecule has 0 atom stereocenters. The molecule has 9 heteroatoms. The van der Waals surface area contributed by atoms with Gasteiger partial charge in [-0.2, -0.15) is 10.2 Å². The summed E-state index contributed by atoms with van der Waals surface area (Å²) in [5.74, 6) is -3.29. The van der Waals surface area contributed by atoms with E-state index in [1.807, 2.05) is 0 Å². The molecule has 0 spiro atoms. The van der Waals surface area contributed by atoms with Crippen molar-refractivity contribution >= 4 is 11.0 Å². The van der Waals surface area contributed by atoms with E-state index in [1.54, 1.807) is 18.5 Å². The Balaban J connectivity index is 1.79. The van der Waals surface area contributed by atoms with E-state index in [0.717, 1.165) is 17.1 Å². The van der Waals surface area contributed by atoms with Crippen LogP contribution in [0.3, 0.4) is 0 Å². The zero-order valence-corrected chi connectivity index (χ0v) is 14.0. The third-order valence-electron chi connectivity index (χ3n) is 4.76. The Hall–Kier alpha value is -3.23. The van der Waals surface area contributed by atoms with Crippen molar-refractivity contribution in [1.82, 2.24) is 29.9 Å². The highest BCUT2D eigenvalue weighted by molar-refractivity contribution is 5.97. The number of alkyl halides is 2. The number of aromatic nitrogens is 6. The Kier molecular flexibility index (Phi) is 3.33. The molecule has 0 aromatic carbocycles. The van der Waals surface area contributed by atoms with Gasteiger partial charge in [0.2, 0.25) is 0 Å². The van der Waals surface area contributed by atoms with Crippen molar-refractivity contribution in [3.63, 3.8) is 0 Å². The lowest BCUT2D eigenvalue weighted by Crippen LogP contribution is -2.31. The number of nitrogens with zero attached hydrogens (tertiary/aromatic N) is 5. The van der Waals surface area contributed by atoms with Gasteiger partial charge in [-0.1, -0.05) is 0 Å². The minimum atomic E-state index is -2.81. The highest BCUT2D eigenvalue weighted by Gasteiger charge is 2.37. The topological polar surface area (TPSA) is 72.3 Å². The maximum atomic E-state index is 13.9. The molecule has 0 fully saturated rings. The van der Waals surface area contributed by atoms with Gasteiger partial charge in [0.05, 0.1) is 18.1 Å². The molecule has 0 unspecified atom stereocenters. The zero-order valence-electron chi connectivity index (χ0n) is 14.0. The Morgan fingerprint density at radius 1 is 1.11 bits per heavy atom. The number of H-pyrrole nitrogens is 1. The van der Waals surface area contributed by atoms with Gasteiger partial charge in [0.15, 0.2) is 5.65 Å².